The highest BCUT2D eigenvalue weighted by Gasteiger charge is 2.13. The van der Waals surface area contributed by atoms with E-state index >= 15 is 0 Å². The fourth-order valence-corrected chi connectivity index (χ4v) is 2.31. The second-order valence-electron chi connectivity index (χ2n) is 4.98. The lowest BCUT2D eigenvalue weighted by atomic mass is 10.1. The van der Waals surface area contributed by atoms with Gasteiger partial charge < -0.3 is 19.3 Å². The third kappa shape index (κ3) is 4.91. The van der Waals surface area contributed by atoms with Crippen LogP contribution in [-0.2, 0) is 4.79 Å². The molecule has 6 nitrogen and oxygen atoms in total. The van der Waals surface area contributed by atoms with Gasteiger partial charge in [0.25, 0.3) is 0 Å². The number of hydrogen-bond acceptors (Lipinski definition) is 5. The molecule has 2 aromatic carbocycles. The maximum absolute atomic E-state index is 11.1. The molecule has 2 rings (SSSR count). The molecule has 0 aromatic heterocycles. The summed E-state index contributed by atoms with van der Waals surface area (Å²) in [5, 5.41) is 18.5. The van der Waals surface area contributed by atoms with Crippen LogP contribution in [0.3, 0.4) is 0 Å². The molecule has 0 saturated heterocycles. The minimum Gasteiger partial charge on any atom is -0.493 e. The number of ether oxygens (including phenoxy) is 3. The van der Waals surface area contributed by atoms with Gasteiger partial charge in [-0.1, -0.05) is 35.9 Å². The van der Waals surface area contributed by atoms with Crippen molar-refractivity contribution in [3.05, 3.63) is 58.6 Å². The molecular weight excluding hydrogens is 358 g/mol. The maximum Gasteiger partial charge on any atom is 0.346 e. The van der Waals surface area contributed by atoms with E-state index in [1.165, 1.54) is 13.2 Å². The van der Waals surface area contributed by atoms with Gasteiger partial charge in [0, 0.05) is 5.56 Å². The van der Waals surface area contributed by atoms with Crippen LogP contribution in [-0.4, -0.2) is 31.4 Å². The summed E-state index contributed by atoms with van der Waals surface area (Å²) in [6.07, 6.45) is 1.23. The first-order valence-corrected chi connectivity index (χ1v) is 7.96. The molecule has 0 saturated carbocycles. The average molecular weight is 374 g/mol. The van der Waals surface area contributed by atoms with Crippen LogP contribution in [0.15, 0.2) is 48.0 Å². The number of carboxylic acid groups (broad SMARTS) is 1. The van der Waals surface area contributed by atoms with Gasteiger partial charge in [-0.2, -0.15) is 5.26 Å². The summed E-state index contributed by atoms with van der Waals surface area (Å²) in [6, 6.07) is 13.7. The molecule has 134 valence electrons. The number of aliphatic carboxylic acids is 1. The minimum atomic E-state index is -1.32. The van der Waals surface area contributed by atoms with E-state index in [0.717, 1.165) is 0 Å². The zero-order chi connectivity index (χ0) is 18.9. The Morgan fingerprint density at radius 1 is 1.15 bits per heavy atom. The molecular formula is C19H16ClNO5. The standard InChI is InChI=1S/C19H16ClNO5/c1-24-17-8-4-5-13(11-14(12-21)19(22)23)18(17)26-10-9-25-16-7-3-2-6-15(16)20/h2-8,11H,9-10H2,1H3,(H,22,23). The van der Waals surface area contributed by atoms with Crippen molar-refractivity contribution in [3.63, 3.8) is 0 Å². The Hall–Kier alpha value is -3.17. The van der Waals surface area contributed by atoms with Crippen molar-refractivity contribution in [2.45, 2.75) is 0 Å². The van der Waals surface area contributed by atoms with Crippen LogP contribution < -0.4 is 14.2 Å². The average Bonchev–Trinajstić information content (AvgIpc) is 2.64. The molecule has 26 heavy (non-hydrogen) atoms. The number of nitriles is 1. The molecule has 0 aliphatic rings. The zero-order valence-corrected chi connectivity index (χ0v) is 14.7. The first-order chi connectivity index (χ1) is 12.6. The summed E-state index contributed by atoms with van der Waals surface area (Å²) >= 11 is 6.02. The molecule has 0 bridgehead atoms. The number of hydrogen-bond donors (Lipinski definition) is 1. The molecule has 0 fully saturated rings. The van der Waals surface area contributed by atoms with E-state index in [4.69, 9.17) is 36.2 Å². The van der Waals surface area contributed by atoms with Gasteiger partial charge >= 0.3 is 5.97 Å². The summed E-state index contributed by atoms with van der Waals surface area (Å²) in [5.74, 6) is -0.0372. The number of methoxy groups -OCH3 is 1. The van der Waals surface area contributed by atoms with Crippen LogP contribution in [0.4, 0.5) is 0 Å². The van der Waals surface area contributed by atoms with Crippen LogP contribution in [0.25, 0.3) is 6.08 Å². The fourth-order valence-electron chi connectivity index (χ4n) is 2.12. The van der Waals surface area contributed by atoms with Gasteiger partial charge in [0.2, 0.25) is 0 Å². The number of rotatable bonds is 8. The Kier molecular flexibility index (Phi) is 6.89. The van der Waals surface area contributed by atoms with Crippen LogP contribution in [0.2, 0.25) is 5.02 Å². The third-order valence-corrected chi connectivity index (χ3v) is 3.62. The zero-order valence-electron chi connectivity index (χ0n) is 13.9. The maximum atomic E-state index is 11.1. The molecule has 0 heterocycles. The predicted octanol–water partition coefficient (Wildman–Crippen LogP) is 3.80. The molecule has 7 heteroatoms. The molecule has 2 aromatic rings. The summed E-state index contributed by atoms with van der Waals surface area (Å²) in [6.45, 7) is 0.385. The van der Waals surface area contributed by atoms with Crippen molar-refractivity contribution in [3.8, 4) is 23.3 Å². The van der Waals surface area contributed by atoms with E-state index in [2.05, 4.69) is 0 Å². The Morgan fingerprint density at radius 3 is 2.50 bits per heavy atom. The molecule has 0 spiro atoms. The van der Waals surface area contributed by atoms with Crippen molar-refractivity contribution in [2.75, 3.05) is 20.3 Å². The summed E-state index contributed by atoms with van der Waals surface area (Å²) in [4.78, 5) is 11.1. The lowest BCUT2D eigenvalue weighted by Crippen LogP contribution is -2.10. The summed E-state index contributed by atoms with van der Waals surface area (Å²) < 4.78 is 16.5. The number of nitrogens with zero attached hydrogens (tertiary/aromatic N) is 1. The van der Waals surface area contributed by atoms with E-state index < -0.39 is 11.5 Å². The smallest absolute Gasteiger partial charge is 0.346 e. The van der Waals surface area contributed by atoms with Crippen molar-refractivity contribution >= 4 is 23.6 Å². The van der Waals surface area contributed by atoms with Gasteiger partial charge in [0.15, 0.2) is 11.5 Å². The quantitative estimate of drug-likeness (QED) is 0.430. The van der Waals surface area contributed by atoms with E-state index in [1.54, 1.807) is 48.5 Å². The van der Waals surface area contributed by atoms with Crippen molar-refractivity contribution in [2.24, 2.45) is 0 Å². The fraction of sp³-hybridized carbons (Fsp3) is 0.158. The Balaban J connectivity index is 2.14. The van der Waals surface area contributed by atoms with Crippen molar-refractivity contribution in [1.29, 1.82) is 5.26 Å². The van der Waals surface area contributed by atoms with Gasteiger partial charge in [-0.15, -0.1) is 0 Å². The number of benzene rings is 2. The lowest BCUT2D eigenvalue weighted by Gasteiger charge is -2.14. The van der Waals surface area contributed by atoms with E-state index in [-0.39, 0.29) is 13.2 Å². The number of carbonyl (C=O) groups is 1. The van der Waals surface area contributed by atoms with Crippen molar-refractivity contribution < 1.29 is 24.1 Å². The van der Waals surface area contributed by atoms with E-state index in [9.17, 15) is 4.79 Å². The molecule has 0 amide bonds. The first-order valence-electron chi connectivity index (χ1n) is 7.59. The van der Waals surface area contributed by atoms with Gasteiger partial charge in [0.1, 0.15) is 30.6 Å². The topological polar surface area (TPSA) is 88.8 Å². The molecule has 0 aliphatic heterocycles. The second-order valence-corrected chi connectivity index (χ2v) is 5.39. The number of halogens is 1. The van der Waals surface area contributed by atoms with E-state index in [1.807, 2.05) is 0 Å². The van der Waals surface area contributed by atoms with Crippen LogP contribution >= 0.6 is 11.6 Å². The first kappa shape index (κ1) is 19.2. The Bertz CT molecular complexity index is 857. The van der Waals surface area contributed by atoms with Gasteiger partial charge in [0.05, 0.1) is 12.1 Å². The Morgan fingerprint density at radius 2 is 1.85 bits per heavy atom. The minimum absolute atomic E-state index is 0.168. The largest absolute Gasteiger partial charge is 0.493 e. The Labute approximate surface area is 155 Å². The van der Waals surface area contributed by atoms with Gasteiger partial charge in [-0.3, -0.25) is 0 Å². The molecule has 0 aliphatic carbocycles. The normalized spacial score (nSPS) is 10.7. The SMILES string of the molecule is COc1cccc(C=C(C#N)C(=O)O)c1OCCOc1ccccc1Cl. The monoisotopic (exact) mass is 373 g/mol. The summed E-state index contributed by atoms with van der Waals surface area (Å²) in [5.41, 5.74) is 0.0106. The predicted molar refractivity (Wildman–Crippen MR) is 96.7 cm³/mol. The molecule has 0 radical (unpaired) electrons. The number of para-hydroxylation sites is 2. The molecule has 1 N–H and O–H groups in total. The van der Waals surface area contributed by atoms with Gasteiger partial charge in [-0.05, 0) is 24.3 Å². The summed E-state index contributed by atoms with van der Waals surface area (Å²) in [7, 11) is 1.47. The van der Waals surface area contributed by atoms with Crippen molar-refractivity contribution in [1.82, 2.24) is 0 Å². The highest BCUT2D eigenvalue weighted by atomic mass is 35.5. The highest BCUT2D eigenvalue weighted by molar-refractivity contribution is 6.32. The van der Waals surface area contributed by atoms with Crippen LogP contribution in [0.1, 0.15) is 5.56 Å². The van der Waals surface area contributed by atoms with Gasteiger partial charge in [-0.25, -0.2) is 4.79 Å². The van der Waals surface area contributed by atoms with Crippen LogP contribution in [0, 0.1) is 11.3 Å². The lowest BCUT2D eigenvalue weighted by molar-refractivity contribution is -0.132. The third-order valence-electron chi connectivity index (χ3n) is 3.30. The molecule has 0 atom stereocenters. The highest BCUT2D eigenvalue weighted by Crippen LogP contribution is 2.32. The number of carboxylic acids is 1. The van der Waals surface area contributed by atoms with Crippen LogP contribution in [0.5, 0.6) is 17.2 Å². The van der Waals surface area contributed by atoms with E-state index in [0.29, 0.717) is 27.8 Å². The second kappa shape index (κ2) is 9.35. The molecule has 0 unspecified atom stereocenters.